The number of benzene rings is 1. The summed E-state index contributed by atoms with van der Waals surface area (Å²) >= 11 is 0. The molecule has 0 saturated heterocycles. The highest BCUT2D eigenvalue weighted by atomic mass is 16.6. The summed E-state index contributed by atoms with van der Waals surface area (Å²) in [6.45, 7) is 2.64. The van der Waals surface area contributed by atoms with Gasteiger partial charge in [-0.2, -0.15) is 0 Å². The molecular weight excluding hydrogens is 304 g/mol. The van der Waals surface area contributed by atoms with Crippen LogP contribution in [0.5, 0.6) is 0 Å². The van der Waals surface area contributed by atoms with E-state index in [9.17, 15) is 24.5 Å². The summed E-state index contributed by atoms with van der Waals surface area (Å²) in [5.74, 6) is -2.17. The van der Waals surface area contributed by atoms with Crippen LogP contribution in [0.2, 0.25) is 0 Å². The predicted octanol–water partition coefficient (Wildman–Crippen LogP) is 1.27. The summed E-state index contributed by atoms with van der Waals surface area (Å²) in [4.78, 5) is 48.3. The van der Waals surface area contributed by atoms with E-state index in [0.717, 1.165) is 12.0 Å². The van der Waals surface area contributed by atoms with E-state index in [-0.39, 0.29) is 17.5 Å². The predicted molar refractivity (Wildman–Crippen MR) is 78.4 cm³/mol. The van der Waals surface area contributed by atoms with E-state index >= 15 is 0 Å². The lowest BCUT2D eigenvalue weighted by Gasteiger charge is -2.27. The maximum Gasteiger partial charge on any atom is 0.329 e. The van der Waals surface area contributed by atoms with Crippen LogP contribution in [0, 0.1) is 10.1 Å². The maximum absolute atomic E-state index is 12.5. The number of amides is 2. The molecule has 1 aliphatic rings. The number of nitro groups is 1. The molecule has 0 aliphatic carbocycles. The molecule has 2 rings (SSSR count). The molecule has 8 heteroatoms. The van der Waals surface area contributed by atoms with Crippen molar-refractivity contribution >= 4 is 17.8 Å². The summed E-state index contributed by atoms with van der Waals surface area (Å²) in [7, 11) is 1.10. The van der Waals surface area contributed by atoms with E-state index in [1.54, 1.807) is 12.1 Å². The average Bonchev–Trinajstić information content (AvgIpc) is 2.76. The molecule has 0 unspecified atom stereocenters. The standard InChI is InChI=1S/C15H16N2O6/c1-15(2,17(21)22)8-11(14(20)23-3)16-12(18)9-6-4-5-7-10(9)13(16)19/h4-7,11H,8H2,1-3H3/t11-/m0/s1. The van der Waals surface area contributed by atoms with E-state index in [1.165, 1.54) is 26.0 Å². The molecule has 2 amide bonds. The molecule has 1 atom stereocenters. The van der Waals surface area contributed by atoms with Crippen LogP contribution in [0.3, 0.4) is 0 Å². The second kappa shape index (κ2) is 5.79. The SMILES string of the molecule is COC(=O)[C@H](CC(C)(C)[N+](=O)[O-])N1C(=O)c2ccccc2C1=O. The van der Waals surface area contributed by atoms with Crippen LogP contribution in [0.15, 0.2) is 24.3 Å². The van der Waals surface area contributed by atoms with E-state index in [1.807, 2.05) is 0 Å². The minimum atomic E-state index is -1.51. The Labute approximate surface area is 132 Å². The molecule has 0 bridgehead atoms. The lowest BCUT2D eigenvalue weighted by atomic mass is 9.95. The zero-order valence-electron chi connectivity index (χ0n) is 12.9. The van der Waals surface area contributed by atoms with Crippen molar-refractivity contribution in [1.82, 2.24) is 4.90 Å². The first-order chi connectivity index (χ1) is 10.7. The van der Waals surface area contributed by atoms with Gasteiger partial charge in [0.15, 0.2) is 0 Å². The van der Waals surface area contributed by atoms with Crippen LogP contribution in [-0.4, -0.2) is 46.3 Å². The number of methoxy groups -OCH3 is 1. The number of hydrogen-bond acceptors (Lipinski definition) is 6. The second-order valence-corrected chi connectivity index (χ2v) is 5.84. The third-order valence-electron chi connectivity index (χ3n) is 3.80. The third-order valence-corrected chi connectivity index (χ3v) is 3.80. The fourth-order valence-corrected chi connectivity index (χ4v) is 2.45. The zero-order valence-corrected chi connectivity index (χ0v) is 12.9. The molecule has 0 radical (unpaired) electrons. The van der Waals surface area contributed by atoms with Crippen molar-refractivity contribution in [3.8, 4) is 0 Å². The van der Waals surface area contributed by atoms with Gasteiger partial charge in [-0.3, -0.25) is 24.6 Å². The van der Waals surface area contributed by atoms with Gasteiger partial charge in [-0.1, -0.05) is 12.1 Å². The largest absolute Gasteiger partial charge is 0.467 e. The summed E-state index contributed by atoms with van der Waals surface area (Å²) in [6.07, 6.45) is -0.335. The van der Waals surface area contributed by atoms with Crippen LogP contribution in [0.1, 0.15) is 41.0 Å². The Kier molecular flexibility index (Phi) is 4.18. The molecule has 0 N–H and O–H groups in total. The highest BCUT2D eigenvalue weighted by molar-refractivity contribution is 6.22. The summed E-state index contributed by atoms with van der Waals surface area (Å²) in [6, 6.07) is 4.79. The molecule has 1 aromatic carbocycles. The van der Waals surface area contributed by atoms with Gasteiger partial charge in [-0.15, -0.1) is 0 Å². The number of ether oxygens (including phenoxy) is 1. The molecule has 0 spiro atoms. The van der Waals surface area contributed by atoms with Crippen molar-refractivity contribution in [2.75, 3.05) is 7.11 Å². The van der Waals surface area contributed by atoms with E-state index in [0.29, 0.717) is 0 Å². The van der Waals surface area contributed by atoms with Gasteiger partial charge in [-0.05, 0) is 12.1 Å². The summed E-state index contributed by atoms with van der Waals surface area (Å²) in [5.41, 5.74) is -1.16. The molecule has 122 valence electrons. The van der Waals surface area contributed by atoms with E-state index in [2.05, 4.69) is 4.74 Å². The number of carbonyl (C=O) groups excluding carboxylic acids is 3. The number of rotatable bonds is 5. The molecule has 0 saturated carbocycles. The Balaban J connectivity index is 2.42. The molecular formula is C15H16N2O6. The molecule has 1 aliphatic heterocycles. The number of esters is 1. The fraction of sp³-hybridized carbons (Fsp3) is 0.400. The first-order valence-electron chi connectivity index (χ1n) is 6.90. The number of imide groups is 1. The van der Waals surface area contributed by atoms with Gasteiger partial charge in [0.2, 0.25) is 5.54 Å². The van der Waals surface area contributed by atoms with Crippen LogP contribution in [0.4, 0.5) is 0 Å². The minimum absolute atomic E-state index is 0.172. The third kappa shape index (κ3) is 2.79. The van der Waals surface area contributed by atoms with Crippen LogP contribution in [0.25, 0.3) is 0 Å². The van der Waals surface area contributed by atoms with Gasteiger partial charge >= 0.3 is 5.97 Å². The van der Waals surface area contributed by atoms with Gasteiger partial charge in [-0.25, -0.2) is 4.79 Å². The molecule has 0 fully saturated rings. The highest BCUT2D eigenvalue weighted by Gasteiger charge is 2.48. The van der Waals surface area contributed by atoms with Crippen LogP contribution in [-0.2, 0) is 9.53 Å². The maximum atomic E-state index is 12.5. The first-order valence-corrected chi connectivity index (χ1v) is 6.90. The topological polar surface area (TPSA) is 107 Å². The van der Waals surface area contributed by atoms with Gasteiger partial charge < -0.3 is 4.74 Å². The Morgan fingerprint density at radius 2 is 1.74 bits per heavy atom. The lowest BCUT2D eigenvalue weighted by Crippen LogP contribution is -2.50. The van der Waals surface area contributed by atoms with Gasteiger partial charge in [0, 0.05) is 25.2 Å². The molecule has 1 heterocycles. The number of carbonyl (C=O) groups is 3. The zero-order chi connectivity index (χ0) is 17.4. The van der Waals surface area contributed by atoms with Crippen molar-refractivity contribution in [2.45, 2.75) is 31.8 Å². The Morgan fingerprint density at radius 3 is 2.13 bits per heavy atom. The smallest absolute Gasteiger partial charge is 0.329 e. The first kappa shape index (κ1) is 16.6. The number of nitrogens with zero attached hydrogens (tertiary/aromatic N) is 2. The highest BCUT2D eigenvalue weighted by Crippen LogP contribution is 2.29. The van der Waals surface area contributed by atoms with Crippen molar-refractivity contribution in [1.29, 1.82) is 0 Å². The Morgan fingerprint density at radius 1 is 1.26 bits per heavy atom. The van der Waals surface area contributed by atoms with Crippen molar-refractivity contribution in [3.05, 3.63) is 45.5 Å². The Bertz CT molecular complexity index is 662. The average molecular weight is 320 g/mol. The van der Waals surface area contributed by atoms with Crippen molar-refractivity contribution < 1.29 is 24.0 Å². The van der Waals surface area contributed by atoms with Crippen molar-refractivity contribution in [3.63, 3.8) is 0 Å². The fourth-order valence-electron chi connectivity index (χ4n) is 2.45. The molecule has 23 heavy (non-hydrogen) atoms. The summed E-state index contributed by atoms with van der Waals surface area (Å²) in [5, 5.41) is 11.1. The molecule has 0 aromatic heterocycles. The second-order valence-electron chi connectivity index (χ2n) is 5.84. The Hall–Kier alpha value is -2.77. The van der Waals surface area contributed by atoms with Gasteiger partial charge in [0.05, 0.1) is 18.2 Å². The number of hydrogen-bond donors (Lipinski definition) is 0. The van der Waals surface area contributed by atoms with Gasteiger partial charge in [0.25, 0.3) is 11.8 Å². The van der Waals surface area contributed by atoms with E-state index in [4.69, 9.17) is 0 Å². The monoisotopic (exact) mass is 320 g/mol. The quantitative estimate of drug-likeness (QED) is 0.350. The van der Waals surface area contributed by atoms with Crippen LogP contribution >= 0.6 is 0 Å². The molecule has 1 aromatic rings. The number of fused-ring (bicyclic) bond motifs is 1. The summed E-state index contributed by atoms with van der Waals surface area (Å²) < 4.78 is 4.64. The lowest BCUT2D eigenvalue weighted by molar-refractivity contribution is -0.562. The minimum Gasteiger partial charge on any atom is -0.467 e. The van der Waals surface area contributed by atoms with E-state index < -0.39 is 34.3 Å². The normalized spacial score (nSPS) is 15.3. The van der Waals surface area contributed by atoms with Gasteiger partial charge in [0.1, 0.15) is 6.04 Å². The van der Waals surface area contributed by atoms with Crippen LogP contribution < -0.4 is 0 Å². The van der Waals surface area contributed by atoms with Crippen molar-refractivity contribution in [2.24, 2.45) is 0 Å². The molecule has 8 nitrogen and oxygen atoms in total.